The van der Waals surface area contributed by atoms with E-state index in [4.69, 9.17) is 4.74 Å². The van der Waals surface area contributed by atoms with Crippen LogP contribution in [0, 0.1) is 17.8 Å². The second-order valence-corrected chi connectivity index (χ2v) is 5.79. The summed E-state index contributed by atoms with van der Waals surface area (Å²) in [5.41, 5.74) is 0. The van der Waals surface area contributed by atoms with Crippen molar-refractivity contribution in [3.8, 4) is 0 Å². The van der Waals surface area contributed by atoms with Gasteiger partial charge >= 0.3 is 5.97 Å². The summed E-state index contributed by atoms with van der Waals surface area (Å²) in [7, 11) is 1.46. The van der Waals surface area contributed by atoms with Crippen molar-refractivity contribution in [2.24, 2.45) is 17.8 Å². The number of hydrogen-bond donors (Lipinski definition) is 0. The summed E-state index contributed by atoms with van der Waals surface area (Å²) in [6, 6.07) is 0.229. The van der Waals surface area contributed by atoms with Crippen LogP contribution >= 0.6 is 0 Å². The maximum absolute atomic E-state index is 11.6. The Morgan fingerprint density at radius 2 is 1.41 bits per heavy atom. The maximum atomic E-state index is 11.6. The van der Waals surface area contributed by atoms with Crippen LogP contribution in [0.15, 0.2) is 0 Å². The molecule has 0 aromatic heterocycles. The minimum atomic E-state index is -0.116. The Bertz CT molecular complexity index is 216. The molecule has 0 heterocycles. The lowest BCUT2D eigenvalue weighted by Gasteiger charge is -2.34. The van der Waals surface area contributed by atoms with E-state index in [0.717, 1.165) is 13.1 Å². The van der Waals surface area contributed by atoms with E-state index in [9.17, 15) is 4.79 Å². The molecule has 3 heteroatoms. The van der Waals surface area contributed by atoms with Gasteiger partial charge < -0.3 is 4.74 Å². The van der Waals surface area contributed by atoms with Crippen LogP contribution in [-0.4, -0.2) is 37.1 Å². The van der Waals surface area contributed by atoms with Crippen molar-refractivity contribution in [1.29, 1.82) is 0 Å². The molecule has 0 aromatic rings. The van der Waals surface area contributed by atoms with Crippen LogP contribution in [0.4, 0.5) is 0 Å². The number of nitrogens with zero attached hydrogens (tertiary/aromatic N) is 1. The predicted molar refractivity (Wildman–Crippen MR) is 71.9 cm³/mol. The summed E-state index contributed by atoms with van der Waals surface area (Å²) in [5, 5.41) is 0. The third-order valence-electron chi connectivity index (χ3n) is 3.07. The molecule has 17 heavy (non-hydrogen) atoms. The topological polar surface area (TPSA) is 29.5 Å². The fraction of sp³-hybridized carbons (Fsp3) is 0.929. The van der Waals surface area contributed by atoms with Crippen molar-refractivity contribution in [1.82, 2.24) is 4.90 Å². The fourth-order valence-electron chi connectivity index (χ4n) is 2.04. The smallest absolute Gasteiger partial charge is 0.309 e. The van der Waals surface area contributed by atoms with E-state index >= 15 is 0 Å². The maximum Gasteiger partial charge on any atom is 0.309 e. The first-order valence-corrected chi connectivity index (χ1v) is 6.61. The van der Waals surface area contributed by atoms with E-state index < -0.39 is 0 Å². The van der Waals surface area contributed by atoms with Gasteiger partial charge in [-0.2, -0.15) is 0 Å². The molecule has 2 atom stereocenters. The highest BCUT2D eigenvalue weighted by Gasteiger charge is 2.26. The Kier molecular flexibility index (Phi) is 7.44. The van der Waals surface area contributed by atoms with Crippen molar-refractivity contribution in [2.45, 2.75) is 47.6 Å². The minimum absolute atomic E-state index is 0.0718. The van der Waals surface area contributed by atoms with Crippen molar-refractivity contribution in [3.05, 3.63) is 0 Å². The quantitative estimate of drug-likeness (QED) is 0.644. The fourth-order valence-corrected chi connectivity index (χ4v) is 2.04. The van der Waals surface area contributed by atoms with Gasteiger partial charge in [0.15, 0.2) is 0 Å². The van der Waals surface area contributed by atoms with Gasteiger partial charge in [-0.05, 0) is 18.8 Å². The van der Waals surface area contributed by atoms with Crippen molar-refractivity contribution >= 4 is 5.97 Å². The third-order valence-corrected chi connectivity index (χ3v) is 3.07. The zero-order valence-electron chi connectivity index (χ0n) is 12.5. The summed E-state index contributed by atoms with van der Waals surface area (Å²) in [5.74, 6) is 1.04. The first-order chi connectivity index (χ1) is 7.79. The highest BCUT2D eigenvalue weighted by molar-refractivity contribution is 5.72. The van der Waals surface area contributed by atoms with Crippen LogP contribution in [0.5, 0.6) is 0 Å². The average Bonchev–Trinajstić information content (AvgIpc) is 2.23. The summed E-state index contributed by atoms with van der Waals surface area (Å²) in [4.78, 5) is 14.0. The Labute approximate surface area is 107 Å². The first kappa shape index (κ1) is 16.4. The Balaban J connectivity index is 4.60. The molecule has 0 radical (unpaired) electrons. The van der Waals surface area contributed by atoms with Gasteiger partial charge in [0.25, 0.3) is 0 Å². The van der Waals surface area contributed by atoms with Gasteiger partial charge in [0, 0.05) is 19.1 Å². The van der Waals surface area contributed by atoms with E-state index in [2.05, 4.69) is 39.5 Å². The lowest BCUT2D eigenvalue weighted by molar-refractivity contribution is -0.147. The normalized spacial score (nSPS) is 15.4. The number of methoxy groups -OCH3 is 1. The van der Waals surface area contributed by atoms with Gasteiger partial charge in [-0.1, -0.05) is 34.6 Å². The van der Waals surface area contributed by atoms with Gasteiger partial charge in [-0.15, -0.1) is 0 Å². The molecule has 0 spiro atoms. The summed E-state index contributed by atoms with van der Waals surface area (Å²) in [6.07, 6.45) is 0. The number of esters is 1. The van der Waals surface area contributed by atoms with Gasteiger partial charge in [0.05, 0.1) is 13.0 Å². The molecule has 0 saturated heterocycles. The molecular formula is C14H29NO2. The lowest BCUT2D eigenvalue weighted by Crippen LogP contribution is -2.44. The average molecular weight is 243 g/mol. The van der Waals surface area contributed by atoms with E-state index in [1.165, 1.54) is 7.11 Å². The second-order valence-electron chi connectivity index (χ2n) is 5.79. The number of hydrogen-bond acceptors (Lipinski definition) is 3. The molecule has 0 aliphatic carbocycles. The number of carbonyl (C=O) groups excluding carboxylic acids is 1. The summed E-state index contributed by atoms with van der Waals surface area (Å²) < 4.78 is 4.83. The zero-order chi connectivity index (χ0) is 13.6. The van der Waals surface area contributed by atoms with Crippen LogP contribution in [0.3, 0.4) is 0 Å². The molecule has 0 fully saturated rings. The van der Waals surface area contributed by atoms with Crippen LogP contribution in [-0.2, 0) is 9.53 Å². The third kappa shape index (κ3) is 6.06. The van der Waals surface area contributed by atoms with E-state index in [-0.39, 0.29) is 17.9 Å². The summed E-state index contributed by atoms with van der Waals surface area (Å²) >= 11 is 0. The van der Waals surface area contributed by atoms with E-state index in [1.54, 1.807) is 0 Å². The molecule has 0 saturated carbocycles. The van der Waals surface area contributed by atoms with Crippen LogP contribution < -0.4 is 0 Å². The number of ether oxygens (including phenoxy) is 1. The molecule has 0 rings (SSSR count). The molecule has 0 aliphatic rings. The molecule has 0 N–H and O–H groups in total. The van der Waals surface area contributed by atoms with E-state index in [1.807, 2.05) is 6.92 Å². The van der Waals surface area contributed by atoms with Crippen LogP contribution in [0.2, 0.25) is 0 Å². The monoisotopic (exact) mass is 243 g/mol. The van der Waals surface area contributed by atoms with Gasteiger partial charge in [0.2, 0.25) is 0 Å². The molecule has 3 nitrogen and oxygen atoms in total. The van der Waals surface area contributed by atoms with E-state index in [0.29, 0.717) is 11.8 Å². The standard InChI is InChI=1S/C14H29NO2/c1-10(2)8-15(9-11(3)4)13(6)12(5)14(16)17-7/h10-13H,8-9H2,1-7H3. The molecular weight excluding hydrogens is 214 g/mol. The predicted octanol–water partition coefficient (Wildman–Crippen LogP) is 2.80. The molecule has 0 aromatic carbocycles. The largest absolute Gasteiger partial charge is 0.469 e. The molecule has 102 valence electrons. The molecule has 0 bridgehead atoms. The second kappa shape index (κ2) is 7.70. The summed E-state index contributed by atoms with van der Waals surface area (Å²) in [6.45, 7) is 15.0. The van der Waals surface area contributed by atoms with Gasteiger partial charge in [-0.3, -0.25) is 9.69 Å². The Hall–Kier alpha value is -0.570. The Morgan fingerprint density at radius 1 is 1.00 bits per heavy atom. The SMILES string of the molecule is COC(=O)C(C)C(C)N(CC(C)C)CC(C)C. The zero-order valence-corrected chi connectivity index (χ0v) is 12.5. The van der Waals surface area contributed by atoms with Crippen LogP contribution in [0.25, 0.3) is 0 Å². The number of carbonyl (C=O) groups is 1. The molecule has 0 amide bonds. The first-order valence-electron chi connectivity index (χ1n) is 6.61. The van der Waals surface area contributed by atoms with Crippen LogP contribution in [0.1, 0.15) is 41.5 Å². The van der Waals surface area contributed by atoms with Gasteiger partial charge in [-0.25, -0.2) is 0 Å². The molecule has 2 unspecified atom stereocenters. The Morgan fingerprint density at radius 3 is 1.71 bits per heavy atom. The number of rotatable bonds is 7. The van der Waals surface area contributed by atoms with Crippen molar-refractivity contribution in [2.75, 3.05) is 20.2 Å². The molecule has 0 aliphatic heterocycles. The highest BCUT2D eigenvalue weighted by Crippen LogP contribution is 2.16. The minimum Gasteiger partial charge on any atom is -0.469 e. The van der Waals surface area contributed by atoms with Crippen molar-refractivity contribution in [3.63, 3.8) is 0 Å². The van der Waals surface area contributed by atoms with Gasteiger partial charge in [0.1, 0.15) is 0 Å². The van der Waals surface area contributed by atoms with Crippen molar-refractivity contribution < 1.29 is 9.53 Å². The lowest BCUT2D eigenvalue weighted by atomic mass is 9.99. The highest BCUT2D eigenvalue weighted by atomic mass is 16.5.